The van der Waals surface area contributed by atoms with E-state index in [9.17, 15) is 18.0 Å². The van der Waals surface area contributed by atoms with Gasteiger partial charge in [0.2, 0.25) is 5.88 Å². The van der Waals surface area contributed by atoms with Crippen LogP contribution in [0.15, 0.2) is 35.6 Å². The summed E-state index contributed by atoms with van der Waals surface area (Å²) in [6.07, 6.45) is -0.531. The van der Waals surface area contributed by atoms with Crippen LogP contribution >= 0.6 is 0 Å². The Kier molecular flexibility index (Phi) is 4.96. The van der Waals surface area contributed by atoms with Gasteiger partial charge in [0.25, 0.3) is 11.9 Å². The van der Waals surface area contributed by atoms with E-state index >= 15 is 0 Å². The molecule has 0 unspecified atom stereocenters. The SMILES string of the molecule is COc1cnc(C(=O)Nc2ccc(F)c([C@@]3(C)N=C(N)O[C@H]4[C@@H]3OCC4(F)F)c2)cn1. The average molecular weight is 437 g/mol. The molecule has 12 heteroatoms. The molecule has 1 aromatic carbocycles. The molecular weight excluding hydrogens is 419 g/mol. The molecule has 0 spiro atoms. The second kappa shape index (κ2) is 7.38. The van der Waals surface area contributed by atoms with Crippen molar-refractivity contribution >= 4 is 17.6 Å². The van der Waals surface area contributed by atoms with E-state index in [0.29, 0.717) is 0 Å². The summed E-state index contributed by atoms with van der Waals surface area (Å²) in [6, 6.07) is 3.17. The molecule has 1 amide bonds. The van der Waals surface area contributed by atoms with Gasteiger partial charge in [0.1, 0.15) is 29.8 Å². The van der Waals surface area contributed by atoms with Gasteiger partial charge in [-0.25, -0.2) is 19.4 Å². The number of anilines is 1. The van der Waals surface area contributed by atoms with Crippen molar-refractivity contribution in [2.24, 2.45) is 10.7 Å². The zero-order valence-corrected chi connectivity index (χ0v) is 16.4. The largest absolute Gasteiger partial charge is 0.480 e. The van der Waals surface area contributed by atoms with Crippen molar-refractivity contribution < 1.29 is 32.2 Å². The van der Waals surface area contributed by atoms with E-state index < -0.39 is 48.0 Å². The number of alkyl halides is 2. The molecule has 3 heterocycles. The highest BCUT2D eigenvalue weighted by molar-refractivity contribution is 6.02. The zero-order chi connectivity index (χ0) is 22.4. The predicted molar refractivity (Wildman–Crippen MR) is 101 cm³/mol. The van der Waals surface area contributed by atoms with Crippen LogP contribution in [0.4, 0.5) is 18.9 Å². The van der Waals surface area contributed by atoms with Crippen LogP contribution in [0.1, 0.15) is 23.0 Å². The first-order valence-electron chi connectivity index (χ1n) is 9.13. The molecule has 9 nitrogen and oxygen atoms in total. The third kappa shape index (κ3) is 3.63. The summed E-state index contributed by atoms with van der Waals surface area (Å²) in [5.74, 6) is -4.44. The highest BCUT2D eigenvalue weighted by Crippen LogP contribution is 2.46. The molecule has 4 rings (SSSR count). The fraction of sp³-hybridized carbons (Fsp3) is 0.368. The maximum Gasteiger partial charge on any atom is 0.309 e. The van der Waals surface area contributed by atoms with Crippen LogP contribution in [0, 0.1) is 5.82 Å². The van der Waals surface area contributed by atoms with Gasteiger partial charge in [-0.3, -0.25) is 4.79 Å². The third-order valence-electron chi connectivity index (χ3n) is 5.13. The number of ether oxygens (including phenoxy) is 3. The highest BCUT2D eigenvalue weighted by Gasteiger charge is 2.62. The molecule has 3 atom stereocenters. The van der Waals surface area contributed by atoms with Crippen molar-refractivity contribution in [1.29, 1.82) is 0 Å². The van der Waals surface area contributed by atoms with Crippen LogP contribution < -0.4 is 15.8 Å². The summed E-state index contributed by atoms with van der Waals surface area (Å²) in [4.78, 5) is 24.3. The van der Waals surface area contributed by atoms with Gasteiger partial charge in [-0.1, -0.05) is 0 Å². The lowest BCUT2D eigenvalue weighted by Gasteiger charge is -2.39. The first-order valence-corrected chi connectivity index (χ1v) is 9.13. The van der Waals surface area contributed by atoms with E-state index in [-0.39, 0.29) is 22.8 Å². The van der Waals surface area contributed by atoms with Gasteiger partial charge in [-0.05, 0) is 25.1 Å². The number of carbonyl (C=O) groups excluding carboxylic acids is 1. The standard InChI is InChI=1S/C19H18F3N5O4/c1-18(14-15(31-17(23)27-18)19(21,22)8-30-14)10-5-9(3-4-11(10)20)26-16(28)12-6-25-13(29-2)7-24-12/h3-7,14-15H,8H2,1-2H3,(H2,23,27)(H,26,28)/t14-,15-,18+/m0/s1. The van der Waals surface area contributed by atoms with E-state index in [4.69, 9.17) is 19.9 Å². The number of nitrogens with zero attached hydrogens (tertiary/aromatic N) is 3. The highest BCUT2D eigenvalue weighted by atomic mass is 19.3. The number of hydrogen-bond acceptors (Lipinski definition) is 8. The minimum absolute atomic E-state index is 0.00921. The lowest BCUT2D eigenvalue weighted by Crippen LogP contribution is -2.54. The van der Waals surface area contributed by atoms with E-state index in [1.807, 2.05) is 0 Å². The molecule has 0 saturated carbocycles. The number of amidine groups is 1. The fourth-order valence-corrected chi connectivity index (χ4v) is 3.58. The van der Waals surface area contributed by atoms with Gasteiger partial charge in [0, 0.05) is 11.3 Å². The van der Waals surface area contributed by atoms with Gasteiger partial charge >= 0.3 is 5.92 Å². The number of benzene rings is 1. The van der Waals surface area contributed by atoms with Crippen LogP contribution in [-0.4, -0.2) is 53.7 Å². The van der Waals surface area contributed by atoms with Crippen molar-refractivity contribution in [3.8, 4) is 5.88 Å². The van der Waals surface area contributed by atoms with Gasteiger partial charge in [0.05, 0.1) is 19.5 Å². The van der Waals surface area contributed by atoms with Crippen molar-refractivity contribution in [2.75, 3.05) is 19.0 Å². The van der Waals surface area contributed by atoms with E-state index in [2.05, 4.69) is 20.3 Å². The molecule has 1 fully saturated rings. The molecule has 0 radical (unpaired) electrons. The summed E-state index contributed by atoms with van der Waals surface area (Å²) in [5, 5.41) is 2.56. The first-order chi connectivity index (χ1) is 14.6. The van der Waals surface area contributed by atoms with Gasteiger partial charge < -0.3 is 25.3 Å². The molecule has 2 aromatic rings. The Morgan fingerprint density at radius 3 is 2.74 bits per heavy atom. The molecule has 2 aliphatic rings. The molecule has 1 saturated heterocycles. The molecule has 0 aliphatic carbocycles. The number of hydrogen-bond donors (Lipinski definition) is 2. The number of amides is 1. The zero-order valence-electron chi connectivity index (χ0n) is 16.4. The van der Waals surface area contributed by atoms with Crippen LogP contribution in [-0.2, 0) is 15.0 Å². The van der Waals surface area contributed by atoms with Crippen molar-refractivity contribution in [1.82, 2.24) is 9.97 Å². The second-order valence-electron chi connectivity index (χ2n) is 7.22. The van der Waals surface area contributed by atoms with Crippen LogP contribution in [0.2, 0.25) is 0 Å². The number of aliphatic imine (C=N–C) groups is 1. The number of nitrogens with one attached hydrogen (secondary N) is 1. The second-order valence-corrected chi connectivity index (χ2v) is 7.22. The molecule has 31 heavy (non-hydrogen) atoms. The maximum absolute atomic E-state index is 14.8. The number of halogens is 3. The molecule has 0 bridgehead atoms. The quantitative estimate of drug-likeness (QED) is 0.749. The number of nitrogens with two attached hydrogens (primary N) is 1. The van der Waals surface area contributed by atoms with E-state index in [1.165, 1.54) is 38.6 Å². The summed E-state index contributed by atoms with van der Waals surface area (Å²) in [7, 11) is 1.41. The Labute approximate surface area is 174 Å². The van der Waals surface area contributed by atoms with Crippen molar-refractivity contribution in [2.45, 2.75) is 30.6 Å². The van der Waals surface area contributed by atoms with Crippen LogP contribution in [0.3, 0.4) is 0 Å². The Balaban J connectivity index is 1.66. The fourth-order valence-electron chi connectivity index (χ4n) is 3.58. The van der Waals surface area contributed by atoms with Gasteiger partial charge in [0.15, 0.2) is 6.10 Å². The third-order valence-corrected chi connectivity index (χ3v) is 5.13. The smallest absolute Gasteiger partial charge is 0.309 e. The Morgan fingerprint density at radius 2 is 2.06 bits per heavy atom. The summed E-state index contributed by atoms with van der Waals surface area (Å²) in [5.41, 5.74) is 4.08. The summed E-state index contributed by atoms with van der Waals surface area (Å²) >= 11 is 0. The Morgan fingerprint density at radius 1 is 1.29 bits per heavy atom. The minimum Gasteiger partial charge on any atom is -0.480 e. The molecular formula is C19H18F3N5O4. The Bertz CT molecular complexity index is 1050. The molecule has 2 aliphatic heterocycles. The number of fused-ring (bicyclic) bond motifs is 1. The maximum atomic E-state index is 14.8. The number of carbonyl (C=O) groups is 1. The normalized spacial score (nSPS) is 26.4. The molecule has 1 aromatic heterocycles. The van der Waals surface area contributed by atoms with E-state index in [1.54, 1.807) is 0 Å². The molecule has 164 valence electrons. The minimum atomic E-state index is -3.32. The average Bonchev–Trinajstić information content (AvgIpc) is 3.04. The van der Waals surface area contributed by atoms with Crippen LogP contribution in [0.5, 0.6) is 5.88 Å². The lowest BCUT2D eigenvalue weighted by molar-refractivity contribution is -0.0876. The monoisotopic (exact) mass is 437 g/mol. The number of aromatic nitrogens is 2. The van der Waals surface area contributed by atoms with E-state index in [0.717, 1.165) is 6.07 Å². The van der Waals surface area contributed by atoms with Crippen LogP contribution in [0.25, 0.3) is 0 Å². The number of methoxy groups -OCH3 is 1. The first kappa shape index (κ1) is 20.8. The number of rotatable bonds is 4. The van der Waals surface area contributed by atoms with Gasteiger partial charge in [-0.15, -0.1) is 0 Å². The van der Waals surface area contributed by atoms with Crippen molar-refractivity contribution in [3.63, 3.8) is 0 Å². The van der Waals surface area contributed by atoms with Gasteiger partial charge in [-0.2, -0.15) is 8.78 Å². The summed E-state index contributed by atoms with van der Waals surface area (Å²) in [6.45, 7) is 0.509. The lowest BCUT2D eigenvalue weighted by atomic mass is 9.82. The summed E-state index contributed by atoms with van der Waals surface area (Å²) < 4.78 is 58.2. The molecule has 3 N–H and O–H groups in total. The van der Waals surface area contributed by atoms with Crippen molar-refractivity contribution in [3.05, 3.63) is 47.7 Å². The Hall–Kier alpha value is -3.41. The topological polar surface area (TPSA) is 121 Å². The predicted octanol–water partition coefficient (Wildman–Crippen LogP) is 1.84.